The topological polar surface area (TPSA) is 82.1 Å². The zero-order chi connectivity index (χ0) is 22.8. The third-order valence-electron chi connectivity index (χ3n) is 5.85. The number of hydrogen-bond acceptors (Lipinski definition) is 5. The normalized spacial score (nSPS) is 14.7. The Kier molecular flexibility index (Phi) is 6.50. The standard InChI is InChI=1S/C22H26FN5O3S/c1-25-19-18(20(30)26(2)22(25)31)28(13-15-7-9-16(23)10-8-15)21(24-19)32-14-17(29)27-11-5-3-4-6-12-27/h7-10H,3-6,11-14H2,1-2H3. The lowest BCUT2D eigenvalue weighted by Crippen LogP contribution is -2.37. The zero-order valence-corrected chi connectivity index (χ0v) is 19.0. The van der Waals surface area contributed by atoms with Crippen LogP contribution < -0.4 is 11.2 Å². The number of amides is 1. The Bertz CT molecular complexity index is 1250. The lowest BCUT2D eigenvalue weighted by Gasteiger charge is -2.20. The number of aromatic nitrogens is 4. The number of nitrogens with zero attached hydrogens (tertiary/aromatic N) is 5. The Hall–Kier alpha value is -2.88. The molecule has 0 aliphatic carbocycles. The number of halogens is 1. The third kappa shape index (κ3) is 4.36. The number of likely N-dealkylation sites (tertiary alicyclic amines) is 1. The molecule has 0 unspecified atom stereocenters. The van der Waals surface area contributed by atoms with Gasteiger partial charge in [0.1, 0.15) is 5.82 Å². The van der Waals surface area contributed by atoms with Crippen LogP contribution in [0.1, 0.15) is 31.2 Å². The van der Waals surface area contributed by atoms with Crippen molar-refractivity contribution in [3.05, 3.63) is 56.5 Å². The van der Waals surface area contributed by atoms with E-state index >= 15 is 0 Å². The number of benzene rings is 1. The number of hydrogen-bond donors (Lipinski definition) is 0. The van der Waals surface area contributed by atoms with Gasteiger partial charge in [-0.2, -0.15) is 0 Å². The maximum Gasteiger partial charge on any atom is 0.332 e. The SMILES string of the molecule is Cn1c(=O)c2c(nc(SCC(=O)N3CCCCCC3)n2Cc2ccc(F)cc2)n(C)c1=O. The predicted octanol–water partition coefficient (Wildman–Crippen LogP) is 2.12. The fourth-order valence-corrected chi connectivity index (χ4v) is 4.89. The largest absolute Gasteiger partial charge is 0.342 e. The van der Waals surface area contributed by atoms with Crippen molar-refractivity contribution in [2.24, 2.45) is 14.1 Å². The van der Waals surface area contributed by atoms with Gasteiger partial charge in [0, 0.05) is 27.2 Å². The Morgan fingerprint density at radius 1 is 1.03 bits per heavy atom. The van der Waals surface area contributed by atoms with E-state index in [0.717, 1.165) is 48.9 Å². The minimum Gasteiger partial charge on any atom is -0.342 e. The molecule has 0 bridgehead atoms. The molecule has 0 N–H and O–H groups in total. The van der Waals surface area contributed by atoms with Gasteiger partial charge in [0.2, 0.25) is 5.91 Å². The van der Waals surface area contributed by atoms with E-state index in [1.807, 2.05) is 4.90 Å². The summed E-state index contributed by atoms with van der Waals surface area (Å²) in [5.74, 6) is -0.111. The molecule has 1 amide bonds. The lowest BCUT2D eigenvalue weighted by atomic mass is 10.2. The first-order valence-electron chi connectivity index (χ1n) is 10.7. The maximum atomic E-state index is 13.4. The zero-order valence-electron chi connectivity index (χ0n) is 18.2. The Morgan fingerprint density at radius 2 is 1.69 bits per heavy atom. The monoisotopic (exact) mass is 459 g/mol. The van der Waals surface area contributed by atoms with E-state index in [4.69, 9.17) is 0 Å². The molecule has 32 heavy (non-hydrogen) atoms. The van der Waals surface area contributed by atoms with Crippen LogP contribution in [0.3, 0.4) is 0 Å². The molecular formula is C22H26FN5O3S. The fourth-order valence-electron chi connectivity index (χ4n) is 3.99. The van der Waals surface area contributed by atoms with Crippen LogP contribution in [0.2, 0.25) is 0 Å². The molecule has 8 nitrogen and oxygen atoms in total. The molecule has 1 saturated heterocycles. The van der Waals surface area contributed by atoms with E-state index in [-0.39, 0.29) is 35.2 Å². The average molecular weight is 460 g/mol. The average Bonchev–Trinajstić information content (AvgIpc) is 2.95. The highest BCUT2D eigenvalue weighted by atomic mass is 32.2. The molecule has 1 aromatic carbocycles. The molecule has 1 fully saturated rings. The first-order valence-corrected chi connectivity index (χ1v) is 11.7. The molecule has 0 spiro atoms. The van der Waals surface area contributed by atoms with Crippen molar-refractivity contribution in [2.75, 3.05) is 18.8 Å². The van der Waals surface area contributed by atoms with Crippen LogP contribution in [-0.2, 0) is 25.4 Å². The van der Waals surface area contributed by atoms with E-state index in [2.05, 4.69) is 4.98 Å². The summed E-state index contributed by atoms with van der Waals surface area (Å²) >= 11 is 1.26. The fraction of sp³-hybridized carbons (Fsp3) is 0.455. The molecule has 1 aliphatic heterocycles. The van der Waals surface area contributed by atoms with E-state index in [1.54, 1.807) is 23.7 Å². The molecule has 3 heterocycles. The van der Waals surface area contributed by atoms with E-state index in [0.29, 0.717) is 5.16 Å². The quantitative estimate of drug-likeness (QED) is 0.546. The molecule has 4 rings (SSSR count). The van der Waals surface area contributed by atoms with Crippen molar-refractivity contribution in [1.29, 1.82) is 0 Å². The van der Waals surface area contributed by atoms with E-state index in [9.17, 15) is 18.8 Å². The van der Waals surface area contributed by atoms with Gasteiger partial charge in [-0.25, -0.2) is 14.2 Å². The number of carbonyl (C=O) groups excluding carboxylic acids is 1. The summed E-state index contributed by atoms with van der Waals surface area (Å²) < 4.78 is 17.5. The van der Waals surface area contributed by atoms with Gasteiger partial charge < -0.3 is 9.47 Å². The Morgan fingerprint density at radius 3 is 2.34 bits per heavy atom. The molecule has 1 aliphatic rings. The van der Waals surface area contributed by atoms with Crippen molar-refractivity contribution < 1.29 is 9.18 Å². The number of fused-ring (bicyclic) bond motifs is 1. The van der Waals surface area contributed by atoms with Crippen LogP contribution in [0.4, 0.5) is 4.39 Å². The maximum absolute atomic E-state index is 13.4. The van der Waals surface area contributed by atoms with Crippen LogP contribution in [0.5, 0.6) is 0 Å². The van der Waals surface area contributed by atoms with Gasteiger partial charge in [-0.05, 0) is 30.5 Å². The predicted molar refractivity (Wildman–Crippen MR) is 121 cm³/mol. The van der Waals surface area contributed by atoms with Gasteiger partial charge in [0.15, 0.2) is 16.3 Å². The summed E-state index contributed by atoms with van der Waals surface area (Å²) in [4.78, 5) is 44.6. The highest BCUT2D eigenvalue weighted by Crippen LogP contribution is 2.24. The van der Waals surface area contributed by atoms with Gasteiger partial charge in [0.25, 0.3) is 5.56 Å². The van der Waals surface area contributed by atoms with Gasteiger partial charge in [-0.15, -0.1) is 0 Å². The minimum atomic E-state index is -0.467. The van der Waals surface area contributed by atoms with Crippen molar-refractivity contribution in [3.63, 3.8) is 0 Å². The van der Waals surface area contributed by atoms with Gasteiger partial charge in [-0.3, -0.25) is 18.7 Å². The molecule has 10 heteroatoms. The summed E-state index contributed by atoms with van der Waals surface area (Å²) in [6, 6.07) is 6.00. The number of rotatable bonds is 5. The third-order valence-corrected chi connectivity index (χ3v) is 6.81. The molecule has 2 aromatic heterocycles. The van der Waals surface area contributed by atoms with Gasteiger partial charge >= 0.3 is 5.69 Å². The van der Waals surface area contributed by atoms with Crippen molar-refractivity contribution >= 4 is 28.8 Å². The molecule has 0 atom stereocenters. The second-order valence-electron chi connectivity index (χ2n) is 8.07. The van der Waals surface area contributed by atoms with Crippen LogP contribution in [0.15, 0.2) is 39.0 Å². The smallest absolute Gasteiger partial charge is 0.332 e. The number of carbonyl (C=O) groups is 1. The molecule has 0 radical (unpaired) electrons. The lowest BCUT2D eigenvalue weighted by molar-refractivity contribution is -0.128. The number of imidazole rings is 1. The van der Waals surface area contributed by atoms with Crippen LogP contribution >= 0.6 is 11.8 Å². The first-order chi connectivity index (χ1) is 15.4. The summed E-state index contributed by atoms with van der Waals surface area (Å²) in [6.07, 6.45) is 4.30. The van der Waals surface area contributed by atoms with Crippen molar-refractivity contribution in [1.82, 2.24) is 23.6 Å². The number of aryl methyl sites for hydroxylation is 1. The van der Waals surface area contributed by atoms with E-state index in [1.165, 1.54) is 35.5 Å². The molecule has 3 aromatic rings. The number of thioether (sulfide) groups is 1. The highest BCUT2D eigenvalue weighted by molar-refractivity contribution is 7.99. The summed E-state index contributed by atoms with van der Waals surface area (Å²) in [6.45, 7) is 1.80. The van der Waals surface area contributed by atoms with Crippen molar-refractivity contribution in [2.45, 2.75) is 37.4 Å². The second kappa shape index (κ2) is 9.32. The summed E-state index contributed by atoms with van der Waals surface area (Å²) in [5, 5.41) is 0.478. The van der Waals surface area contributed by atoms with Crippen LogP contribution in [-0.4, -0.2) is 48.3 Å². The molecule has 0 saturated carbocycles. The van der Waals surface area contributed by atoms with E-state index < -0.39 is 11.2 Å². The second-order valence-corrected chi connectivity index (χ2v) is 9.01. The first kappa shape index (κ1) is 22.3. The highest BCUT2D eigenvalue weighted by Gasteiger charge is 2.22. The Labute approximate surface area is 188 Å². The van der Waals surface area contributed by atoms with Gasteiger partial charge in [-0.1, -0.05) is 36.7 Å². The summed E-state index contributed by atoms with van der Waals surface area (Å²) in [5.41, 5.74) is 0.408. The van der Waals surface area contributed by atoms with Gasteiger partial charge in [0.05, 0.1) is 12.3 Å². The summed E-state index contributed by atoms with van der Waals surface area (Å²) in [7, 11) is 2.99. The minimum absolute atomic E-state index is 0.0408. The Balaban J connectivity index is 1.71. The van der Waals surface area contributed by atoms with Crippen LogP contribution in [0.25, 0.3) is 11.2 Å². The molecule has 170 valence electrons. The van der Waals surface area contributed by atoms with Crippen LogP contribution in [0, 0.1) is 5.82 Å². The molecular weight excluding hydrogens is 433 g/mol. The van der Waals surface area contributed by atoms with Crippen molar-refractivity contribution in [3.8, 4) is 0 Å².